The minimum Gasteiger partial charge on any atom is -0.464 e. The largest absolute Gasteiger partial charge is 0.464 e. The lowest BCUT2D eigenvalue weighted by atomic mass is 9.92. The number of rotatable bonds is 6. The Morgan fingerprint density at radius 3 is 1.87 bits per heavy atom. The van der Waals surface area contributed by atoms with Crippen LogP contribution in [0.1, 0.15) is 13.8 Å². The number of carbonyl (C=O) groups is 1. The van der Waals surface area contributed by atoms with Crippen LogP contribution in [0, 0.1) is 5.41 Å². The number of hydrogen-bond donors (Lipinski definition) is 4. The topological polar surface area (TPSA) is 87.0 Å². The molecule has 0 spiro atoms. The summed E-state index contributed by atoms with van der Waals surface area (Å²) in [6, 6.07) is 0. The molecule has 0 rings (SSSR count). The molecular weight excluding hydrogens is 220 g/mol. The quantitative estimate of drug-likeness (QED) is 0.359. The van der Waals surface area contributed by atoms with Crippen LogP contribution in [0.2, 0.25) is 0 Å². The summed E-state index contributed by atoms with van der Waals surface area (Å²) < 4.78 is 3.91. The molecule has 0 saturated carbocycles. The molecule has 0 aromatic carbocycles. The van der Waals surface area contributed by atoms with Gasteiger partial charge in [-0.05, 0) is 13.8 Å². The Labute approximate surface area is 94.5 Å². The van der Waals surface area contributed by atoms with E-state index in [0.29, 0.717) is 0 Å². The molecule has 15 heavy (non-hydrogen) atoms. The van der Waals surface area contributed by atoms with Crippen LogP contribution in [-0.2, 0) is 9.53 Å². The highest BCUT2D eigenvalue weighted by Crippen LogP contribution is 2.19. The summed E-state index contributed by atoms with van der Waals surface area (Å²) in [5.74, 6) is -0.564. The van der Waals surface area contributed by atoms with E-state index in [1.165, 1.54) is 0 Å². The van der Waals surface area contributed by atoms with Gasteiger partial charge in [-0.15, -0.1) is 0 Å². The fourth-order valence-electron chi connectivity index (χ4n) is 0.682. The predicted molar refractivity (Wildman–Crippen MR) is 57.7 cm³/mol. The normalized spacial score (nSPS) is 12.7. The summed E-state index contributed by atoms with van der Waals surface area (Å²) in [5, 5.41) is 26.9. The number of aliphatic hydroxyl groups is 3. The van der Waals surface area contributed by atoms with Crippen LogP contribution in [0.15, 0.2) is 0 Å². The van der Waals surface area contributed by atoms with Crippen molar-refractivity contribution in [2.24, 2.45) is 5.41 Å². The first-order chi connectivity index (χ1) is 6.81. The summed E-state index contributed by atoms with van der Waals surface area (Å²) in [7, 11) is 0. The standard InChI is InChI=1S/C9H18O5S/c1-8(2,15)7(13)14-6-9(3-10,4-11)5-12/h10-12,15H,3-6H2,1-2H3. The van der Waals surface area contributed by atoms with Crippen molar-refractivity contribution >= 4 is 18.6 Å². The third-order valence-corrected chi connectivity index (χ3v) is 2.20. The van der Waals surface area contributed by atoms with E-state index in [2.05, 4.69) is 12.6 Å². The smallest absolute Gasteiger partial charge is 0.321 e. The van der Waals surface area contributed by atoms with E-state index in [9.17, 15) is 4.79 Å². The van der Waals surface area contributed by atoms with Crippen molar-refractivity contribution < 1.29 is 24.9 Å². The molecule has 0 aliphatic heterocycles. The van der Waals surface area contributed by atoms with Gasteiger partial charge >= 0.3 is 5.97 Å². The van der Waals surface area contributed by atoms with E-state index in [1.807, 2.05) is 0 Å². The Kier molecular flexibility index (Phi) is 5.58. The second kappa shape index (κ2) is 5.69. The first-order valence-electron chi connectivity index (χ1n) is 4.53. The van der Waals surface area contributed by atoms with Crippen LogP contribution >= 0.6 is 12.6 Å². The van der Waals surface area contributed by atoms with Gasteiger partial charge in [0.2, 0.25) is 0 Å². The highest BCUT2D eigenvalue weighted by molar-refractivity contribution is 7.82. The summed E-state index contributed by atoms with van der Waals surface area (Å²) in [4.78, 5) is 11.3. The van der Waals surface area contributed by atoms with E-state index >= 15 is 0 Å². The summed E-state index contributed by atoms with van der Waals surface area (Å²) in [6.07, 6.45) is 0. The molecule has 0 heterocycles. The summed E-state index contributed by atoms with van der Waals surface area (Å²) >= 11 is 4.01. The van der Waals surface area contributed by atoms with Crippen molar-refractivity contribution in [3.8, 4) is 0 Å². The maximum absolute atomic E-state index is 11.3. The van der Waals surface area contributed by atoms with Gasteiger partial charge in [-0.1, -0.05) is 0 Å². The van der Waals surface area contributed by atoms with Crippen molar-refractivity contribution in [2.75, 3.05) is 26.4 Å². The Morgan fingerprint density at radius 1 is 1.20 bits per heavy atom. The molecule has 0 atom stereocenters. The number of thiol groups is 1. The Morgan fingerprint density at radius 2 is 1.60 bits per heavy atom. The van der Waals surface area contributed by atoms with Gasteiger partial charge in [-0.2, -0.15) is 12.6 Å². The van der Waals surface area contributed by atoms with Crippen LogP contribution in [0.4, 0.5) is 0 Å². The van der Waals surface area contributed by atoms with Gasteiger partial charge in [0.25, 0.3) is 0 Å². The summed E-state index contributed by atoms with van der Waals surface area (Å²) in [6.45, 7) is 1.52. The van der Waals surface area contributed by atoms with Crippen LogP contribution in [0.3, 0.4) is 0 Å². The van der Waals surface area contributed by atoms with E-state index in [-0.39, 0.29) is 6.61 Å². The zero-order chi connectivity index (χ0) is 12.1. The zero-order valence-corrected chi connectivity index (χ0v) is 9.83. The molecule has 5 nitrogen and oxygen atoms in total. The minimum absolute atomic E-state index is 0.237. The summed E-state index contributed by atoms with van der Waals surface area (Å²) in [5.41, 5.74) is -1.19. The van der Waals surface area contributed by atoms with Crippen LogP contribution < -0.4 is 0 Å². The maximum Gasteiger partial charge on any atom is 0.321 e. The molecule has 0 amide bonds. The molecule has 90 valence electrons. The molecule has 0 fully saturated rings. The highest BCUT2D eigenvalue weighted by Gasteiger charge is 2.32. The SMILES string of the molecule is CC(C)(S)C(=O)OCC(CO)(CO)CO. The fourth-order valence-corrected chi connectivity index (χ4v) is 0.747. The van der Waals surface area contributed by atoms with Crippen LogP contribution in [-0.4, -0.2) is 52.5 Å². The van der Waals surface area contributed by atoms with Gasteiger partial charge in [-0.3, -0.25) is 4.79 Å². The molecule has 0 aromatic rings. The molecule has 0 aliphatic rings. The lowest BCUT2D eigenvalue weighted by Crippen LogP contribution is -2.41. The third kappa shape index (κ3) is 4.38. The average molecular weight is 238 g/mol. The molecule has 0 bridgehead atoms. The first-order valence-corrected chi connectivity index (χ1v) is 4.98. The third-order valence-electron chi connectivity index (χ3n) is 2.02. The molecule has 0 radical (unpaired) electrons. The van der Waals surface area contributed by atoms with Crippen molar-refractivity contribution in [3.05, 3.63) is 0 Å². The highest BCUT2D eigenvalue weighted by atomic mass is 32.1. The first kappa shape index (κ1) is 14.7. The lowest BCUT2D eigenvalue weighted by Gasteiger charge is -2.28. The number of esters is 1. The second-order valence-electron chi connectivity index (χ2n) is 4.11. The predicted octanol–water partition coefficient (Wildman–Crippen LogP) is -0.799. The molecule has 0 unspecified atom stereocenters. The van der Waals surface area contributed by atoms with Crippen LogP contribution in [0.5, 0.6) is 0 Å². The van der Waals surface area contributed by atoms with Crippen molar-refractivity contribution in [3.63, 3.8) is 0 Å². The second-order valence-corrected chi connectivity index (χ2v) is 5.23. The van der Waals surface area contributed by atoms with Crippen LogP contribution in [0.25, 0.3) is 0 Å². The van der Waals surface area contributed by atoms with Gasteiger partial charge in [0, 0.05) is 0 Å². The number of ether oxygens (including phenoxy) is 1. The minimum atomic E-state index is -1.19. The Hall–Kier alpha value is -0.300. The van der Waals surface area contributed by atoms with Crippen molar-refractivity contribution in [1.82, 2.24) is 0 Å². The van der Waals surface area contributed by atoms with Gasteiger partial charge in [0.1, 0.15) is 11.4 Å². The lowest BCUT2D eigenvalue weighted by molar-refractivity contribution is -0.153. The van der Waals surface area contributed by atoms with E-state index < -0.39 is 36.0 Å². The van der Waals surface area contributed by atoms with E-state index in [1.54, 1.807) is 13.8 Å². The molecule has 0 aliphatic carbocycles. The number of carbonyl (C=O) groups excluding carboxylic acids is 1. The van der Waals surface area contributed by atoms with Gasteiger partial charge in [0.15, 0.2) is 0 Å². The molecule has 0 saturated heterocycles. The number of hydrogen-bond acceptors (Lipinski definition) is 6. The molecule has 3 N–H and O–H groups in total. The zero-order valence-electron chi connectivity index (χ0n) is 8.93. The van der Waals surface area contributed by atoms with Gasteiger partial charge < -0.3 is 20.1 Å². The number of aliphatic hydroxyl groups excluding tert-OH is 3. The maximum atomic E-state index is 11.3. The molecular formula is C9H18O5S. The van der Waals surface area contributed by atoms with Gasteiger partial charge in [0.05, 0.1) is 25.2 Å². The van der Waals surface area contributed by atoms with E-state index in [4.69, 9.17) is 20.1 Å². The molecule has 0 aromatic heterocycles. The van der Waals surface area contributed by atoms with Gasteiger partial charge in [-0.25, -0.2) is 0 Å². The molecule has 6 heteroatoms. The average Bonchev–Trinajstić information content (AvgIpc) is 2.19. The van der Waals surface area contributed by atoms with Crippen molar-refractivity contribution in [1.29, 1.82) is 0 Å². The Bertz CT molecular complexity index is 199. The van der Waals surface area contributed by atoms with E-state index in [0.717, 1.165) is 0 Å². The van der Waals surface area contributed by atoms with Crippen molar-refractivity contribution in [2.45, 2.75) is 18.6 Å². The fraction of sp³-hybridized carbons (Fsp3) is 0.889. The Balaban J connectivity index is 4.29. The monoisotopic (exact) mass is 238 g/mol.